The number of thioether (sulfide) groups is 1. The van der Waals surface area contributed by atoms with Crippen LogP contribution in [0.2, 0.25) is 10.0 Å². The van der Waals surface area contributed by atoms with Crippen LogP contribution < -0.4 is 15.4 Å². The monoisotopic (exact) mass is 505 g/mol. The van der Waals surface area contributed by atoms with Gasteiger partial charge in [-0.2, -0.15) is 11.8 Å². The summed E-state index contributed by atoms with van der Waals surface area (Å²) >= 11 is 14.1. The number of benzene rings is 1. The van der Waals surface area contributed by atoms with E-state index in [1.807, 2.05) is 23.9 Å². The van der Waals surface area contributed by atoms with Crippen LogP contribution in [-0.4, -0.2) is 40.8 Å². The molecule has 1 fully saturated rings. The molecule has 0 aliphatic carbocycles. The molecule has 10 heteroatoms. The summed E-state index contributed by atoms with van der Waals surface area (Å²) in [6.07, 6.45) is 6.63. The molecule has 2 aromatic heterocycles. The van der Waals surface area contributed by atoms with Crippen LogP contribution in [0.4, 0.5) is 15.9 Å². The van der Waals surface area contributed by atoms with Gasteiger partial charge in [-0.05, 0) is 30.2 Å². The Morgan fingerprint density at radius 3 is 2.61 bits per heavy atom. The Hall–Kier alpha value is -2.55. The summed E-state index contributed by atoms with van der Waals surface area (Å²) in [5.41, 5.74) is 7.69. The fourth-order valence-electron chi connectivity index (χ4n) is 3.60. The van der Waals surface area contributed by atoms with E-state index >= 15 is 0 Å². The van der Waals surface area contributed by atoms with E-state index in [-0.39, 0.29) is 23.8 Å². The molecule has 3 N–H and O–H groups in total. The number of nitrogens with zero attached hydrogens (tertiary/aromatic N) is 3. The lowest BCUT2D eigenvalue weighted by molar-refractivity contribution is 0.290. The lowest BCUT2D eigenvalue weighted by atomic mass is 10.0. The van der Waals surface area contributed by atoms with Gasteiger partial charge in [0.05, 0.1) is 15.8 Å². The van der Waals surface area contributed by atoms with Gasteiger partial charge in [0.15, 0.2) is 11.6 Å². The molecule has 0 spiro atoms. The van der Waals surface area contributed by atoms with Crippen molar-refractivity contribution in [2.45, 2.75) is 6.61 Å². The standard InChI is InChI=1S/C23H22Cl2FN5OS/c1-33-12-13-9-31(10-13)22-3-2-14(6-30-22)23(28)15-4-21(19(26)5-20(15)27)32-11-16-17(24)7-29-8-18(16)25/h2-8,13,28H,9-12,27H2,1H3. The molecule has 172 valence electrons. The van der Waals surface area contributed by atoms with E-state index in [0.717, 1.165) is 30.7 Å². The van der Waals surface area contributed by atoms with E-state index in [1.165, 1.54) is 18.5 Å². The molecule has 1 aliphatic rings. The van der Waals surface area contributed by atoms with Crippen LogP contribution in [0.1, 0.15) is 16.7 Å². The smallest absolute Gasteiger partial charge is 0.167 e. The fourth-order valence-corrected chi connectivity index (χ4v) is 4.75. The molecule has 0 unspecified atom stereocenters. The van der Waals surface area contributed by atoms with Crippen molar-refractivity contribution in [3.8, 4) is 5.75 Å². The van der Waals surface area contributed by atoms with Gasteiger partial charge in [0.25, 0.3) is 0 Å². The van der Waals surface area contributed by atoms with E-state index in [0.29, 0.717) is 32.7 Å². The topological polar surface area (TPSA) is 88.1 Å². The first-order valence-corrected chi connectivity index (χ1v) is 12.3. The minimum Gasteiger partial charge on any atom is -0.486 e. The zero-order valence-electron chi connectivity index (χ0n) is 17.8. The van der Waals surface area contributed by atoms with Crippen molar-refractivity contribution in [2.24, 2.45) is 5.92 Å². The number of ether oxygens (including phenoxy) is 1. The van der Waals surface area contributed by atoms with Crippen molar-refractivity contribution in [1.82, 2.24) is 9.97 Å². The van der Waals surface area contributed by atoms with Crippen LogP contribution in [0, 0.1) is 17.1 Å². The van der Waals surface area contributed by atoms with Gasteiger partial charge in [-0.25, -0.2) is 9.37 Å². The molecule has 6 nitrogen and oxygen atoms in total. The van der Waals surface area contributed by atoms with Crippen molar-refractivity contribution >= 4 is 52.2 Å². The van der Waals surface area contributed by atoms with Crippen LogP contribution >= 0.6 is 35.0 Å². The molecular weight excluding hydrogens is 484 g/mol. The highest BCUT2D eigenvalue weighted by Gasteiger charge is 2.27. The second-order valence-corrected chi connectivity index (χ2v) is 9.47. The van der Waals surface area contributed by atoms with E-state index in [1.54, 1.807) is 6.20 Å². The summed E-state index contributed by atoms with van der Waals surface area (Å²) in [6.45, 7) is 1.92. The minimum absolute atomic E-state index is 0.0575. The number of nitrogen functional groups attached to an aromatic ring is 1. The SMILES string of the molecule is CSCC1CN(c2ccc(C(=N)c3cc(OCc4c(Cl)cncc4Cl)c(F)cc3N)cn2)C1. The first-order chi connectivity index (χ1) is 15.9. The largest absolute Gasteiger partial charge is 0.486 e. The van der Waals surface area contributed by atoms with Crippen molar-refractivity contribution < 1.29 is 9.13 Å². The van der Waals surface area contributed by atoms with Gasteiger partial charge in [0, 0.05) is 66.0 Å². The predicted octanol–water partition coefficient (Wildman–Crippen LogP) is 5.30. The normalized spacial score (nSPS) is 13.6. The maximum absolute atomic E-state index is 14.5. The van der Waals surface area contributed by atoms with Crippen molar-refractivity contribution in [2.75, 3.05) is 35.7 Å². The van der Waals surface area contributed by atoms with Gasteiger partial charge < -0.3 is 15.4 Å². The number of hydrogen-bond donors (Lipinski definition) is 2. The van der Waals surface area contributed by atoms with Gasteiger partial charge in [0.1, 0.15) is 12.4 Å². The number of anilines is 2. The Labute approximate surface area is 205 Å². The Bertz CT molecular complexity index is 1150. The number of nitrogens with two attached hydrogens (primary N) is 1. The fraction of sp³-hybridized carbons (Fsp3) is 0.261. The molecule has 0 bridgehead atoms. The first-order valence-electron chi connectivity index (χ1n) is 10.2. The van der Waals surface area contributed by atoms with Crippen LogP contribution in [0.3, 0.4) is 0 Å². The number of halogens is 3. The van der Waals surface area contributed by atoms with Gasteiger partial charge in [-0.3, -0.25) is 10.4 Å². The van der Waals surface area contributed by atoms with Crippen LogP contribution in [0.25, 0.3) is 0 Å². The summed E-state index contributed by atoms with van der Waals surface area (Å²) < 4.78 is 20.1. The average molecular weight is 506 g/mol. The van der Waals surface area contributed by atoms with Gasteiger partial charge in [-0.15, -0.1) is 0 Å². The zero-order valence-corrected chi connectivity index (χ0v) is 20.1. The number of rotatable bonds is 8. The number of aromatic nitrogens is 2. The van der Waals surface area contributed by atoms with Crippen molar-refractivity contribution in [1.29, 1.82) is 5.41 Å². The summed E-state index contributed by atoms with van der Waals surface area (Å²) in [7, 11) is 0. The van der Waals surface area contributed by atoms with E-state index in [4.69, 9.17) is 39.1 Å². The molecular formula is C23H22Cl2FN5OS. The molecule has 0 amide bonds. The minimum atomic E-state index is -0.642. The highest BCUT2D eigenvalue weighted by molar-refractivity contribution is 7.98. The Kier molecular flexibility index (Phi) is 7.26. The van der Waals surface area contributed by atoms with Crippen LogP contribution in [0.15, 0.2) is 42.9 Å². The maximum atomic E-state index is 14.5. The second kappa shape index (κ2) is 10.2. The molecule has 4 rings (SSSR count). The third-order valence-electron chi connectivity index (χ3n) is 5.42. The Morgan fingerprint density at radius 1 is 1.24 bits per heavy atom. The first kappa shape index (κ1) is 23.6. The summed E-state index contributed by atoms with van der Waals surface area (Å²) in [4.78, 5) is 10.6. The Balaban J connectivity index is 1.50. The molecule has 1 aromatic carbocycles. The number of pyridine rings is 2. The number of nitrogens with one attached hydrogen (secondary N) is 1. The lowest BCUT2D eigenvalue weighted by Crippen LogP contribution is -2.48. The molecule has 0 saturated carbocycles. The van der Waals surface area contributed by atoms with Crippen LogP contribution in [0.5, 0.6) is 5.75 Å². The van der Waals surface area contributed by atoms with E-state index in [9.17, 15) is 4.39 Å². The van der Waals surface area contributed by atoms with Gasteiger partial charge >= 0.3 is 0 Å². The molecule has 0 atom stereocenters. The third kappa shape index (κ3) is 5.18. The molecule has 1 saturated heterocycles. The predicted molar refractivity (Wildman–Crippen MR) is 134 cm³/mol. The average Bonchev–Trinajstić information content (AvgIpc) is 2.76. The molecule has 33 heavy (non-hydrogen) atoms. The van der Waals surface area contributed by atoms with Crippen molar-refractivity contribution in [3.63, 3.8) is 0 Å². The molecule has 3 heterocycles. The van der Waals surface area contributed by atoms with Crippen LogP contribution in [-0.2, 0) is 6.61 Å². The summed E-state index contributed by atoms with van der Waals surface area (Å²) in [5.74, 6) is 2.02. The quantitative estimate of drug-likeness (QED) is 0.319. The summed E-state index contributed by atoms with van der Waals surface area (Å²) in [5, 5.41) is 9.24. The number of hydrogen-bond acceptors (Lipinski definition) is 7. The van der Waals surface area contributed by atoms with Crippen molar-refractivity contribution in [3.05, 3.63) is 75.4 Å². The highest BCUT2D eigenvalue weighted by Crippen LogP contribution is 2.30. The van der Waals surface area contributed by atoms with E-state index in [2.05, 4.69) is 21.1 Å². The molecule has 1 aliphatic heterocycles. The zero-order chi connectivity index (χ0) is 23.5. The maximum Gasteiger partial charge on any atom is 0.167 e. The Morgan fingerprint density at radius 2 is 1.97 bits per heavy atom. The second-order valence-electron chi connectivity index (χ2n) is 7.75. The van der Waals surface area contributed by atoms with E-state index < -0.39 is 5.82 Å². The van der Waals surface area contributed by atoms with Gasteiger partial charge in [-0.1, -0.05) is 23.2 Å². The lowest BCUT2D eigenvalue weighted by Gasteiger charge is -2.40. The molecule has 3 aromatic rings. The molecule has 0 radical (unpaired) electrons. The highest BCUT2D eigenvalue weighted by atomic mass is 35.5. The van der Waals surface area contributed by atoms with Gasteiger partial charge in [0.2, 0.25) is 0 Å². The summed E-state index contributed by atoms with van der Waals surface area (Å²) in [6, 6.07) is 6.27. The third-order valence-corrected chi connectivity index (χ3v) is 6.87.